The molecule has 3 nitrogen and oxygen atoms in total. The quantitative estimate of drug-likeness (QED) is 0.712. The standard InChI is InChI=1S/C19H16F2N2OS/c20-13-5-4-8-16-12(13)11-17(25-16)19(24)22-18-14(21)6-3-7-15(18)23-9-1-2-10-23/h3-8,11H,1-2,9-10H2,(H,22,24). The molecule has 128 valence electrons. The maximum Gasteiger partial charge on any atom is 0.265 e. The molecule has 0 radical (unpaired) electrons. The summed E-state index contributed by atoms with van der Waals surface area (Å²) < 4.78 is 28.9. The van der Waals surface area contributed by atoms with Crippen LogP contribution in [-0.4, -0.2) is 19.0 Å². The van der Waals surface area contributed by atoms with Crippen LogP contribution < -0.4 is 10.2 Å². The highest BCUT2D eigenvalue weighted by atomic mass is 32.1. The molecule has 3 aromatic rings. The summed E-state index contributed by atoms with van der Waals surface area (Å²) in [7, 11) is 0. The van der Waals surface area contributed by atoms with E-state index in [4.69, 9.17) is 0 Å². The van der Waals surface area contributed by atoms with Gasteiger partial charge < -0.3 is 10.2 Å². The lowest BCUT2D eigenvalue weighted by atomic mass is 10.2. The molecule has 4 rings (SSSR count). The number of benzene rings is 2. The van der Waals surface area contributed by atoms with Gasteiger partial charge in [-0.25, -0.2) is 8.78 Å². The predicted molar refractivity (Wildman–Crippen MR) is 97.6 cm³/mol. The molecule has 2 heterocycles. The van der Waals surface area contributed by atoms with Gasteiger partial charge in [0.25, 0.3) is 5.91 Å². The third kappa shape index (κ3) is 2.98. The first-order valence-corrected chi connectivity index (χ1v) is 8.98. The Kier molecular flexibility index (Phi) is 4.13. The summed E-state index contributed by atoms with van der Waals surface area (Å²) in [5, 5.41) is 3.09. The van der Waals surface area contributed by atoms with Gasteiger partial charge in [0.05, 0.1) is 10.6 Å². The van der Waals surface area contributed by atoms with Crippen molar-refractivity contribution in [2.45, 2.75) is 12.8 Å². The number of hydrogen-bond donors (Lipinski definition) is 1. The second-order valence-electron chi connectivity index (χ2n) is 6.04. The molecule has 1 fully saturated rings. The fourth-order valence-corrected chi connectivity index (χ4v) is 4.14. The third-order valence-electron chi connectivity index (χ3n) is 4.41. The number of para-hydroxylation sites is 1. The number of hydrogen-bond acceptors (Lipinski definition) is 3. The normalized spacial score (nSPS) is 14.2. The van der Waals surface area contributed by atoms with Crippen LogP contribution in [0.4, 0.5) is 20.2 Å². The molecule has 25 heavy (non-hydrogen) atoms. The number of fused-ring (bicyclic) bond motifs is 1. The highest BCUT2D eigenvalue weighted by Crippen LogP contribution is 2.33. The average molecular weight is 358 g/mol. The second-order valence-corrected chi connectivity index (χ2v) is 7.13. The Morgan fingerprint density at radius 3 is 2.52 bits per heavy atom. The molecule has 0 saturated carbocycles. The van der Waals surface area contributed by atoms with Gasteiger partial charge in [-0.1, -0.05) is 12.1 Å². The Balaban J connectivity index is 1.67. The third-order valence-corrected chi connectivity index (χ3v) is 5.51. The fraction of sp³-hybridized carbons (Fsp3) is 0.211. The maximum atomic E-state index is 14.4. The second kappa shape index (κ2) is 6.44. The van der Waals surface area contributed by atoms with Gasteiger partial charge in [0.1, 0.15) is 17.3 Å². The summed E-state index contributed by atoms with van der Waals surface area (Å²) >= 11 is 1.19. The first-order valence-electron chi connectivity index (χ1n) is 8.16. The molecule has 2 aromatic carbocycles. The van der Waals surface area contributed by atoms with Gasteiger partial charge in [-0.2, -0.15) is 0 Å². The molecule has 0 atom stereocenters. The minimum absolute atomic E-state index is 0.187. The van der Waals surface area contributed by atoms with Crippen LogP contribution in [0, 0.1) is 11.6 Å². The van der Waals surface area contributed by atoms with Crippen LogP contribution >= 0.6 is 11.3 Å². The molecule has 1 N–H and O–H groups in total. The van der Waals surface area contributed by atoms with Crippen molar-refractivity contribution in [1.82, 2.24) is 0 Å². The molecule has 0 bridgehead atoms. The van der Waals surface area contributed by atoms with Gasteiger partial charge in [0.2, 0.25) is 0 Å². The largest absolute Gasteiger partial charge is 0.370 e. The van der Waals surface area contributed by atoms with Crippen LogP contribution in [0.2, 0.25) is 0 Å². The number of amides is 1. The smallest absolute Gasteiger partial charge is 0.265 e. The van der Waals surface area contributed by atoms with E-state index < -0.39 is 11.7 Å². The Hall–Kier alpha value is -2.47. The van der Waals surface area contributed by atoms with Crippen LogP contribution in [-0.2, 0) is 0 Å². The van der Waals surface area contributed by atoms with E-state index in [9.17, 15) is 13.6 Å². The number of carbonyl (C=O) groups excluding carboxylic acids is 1. The minimum atomic E-state index is -0.468. The van der Waals surface area contributed by atoms with Crippen molar-refractivity contribution in [1.29, 1.82) is 0 Å². The summed E-state index contributed by atoms with van der Waals surface area (Å²) in [5.41, 5.74) is 0.880. The molecule has 0 spiro atoms. The topological polar surface area (TPSA) is 32.3 Å². The molecule has 1 saturated heterocycles. The van der Waals surface area contributed by atoms with Gasteiger partial charge in [0.15, 0.2) is 0 Å². The van der Waals surface area contributed by atoms with Crippen molar-refractivity contribution in [3.8, 4) is 0 Å². The van der Waals surface area contributed by atoms with Crippen molar-refractivity contribution in [3.63, 3.8) is 0 Å². The number of carbonyl (C=O) groups is 1. The first-order chi connectivity index (χ1) is 12.1. The molecule has 0 aliphatic carbocycles. The number of nitrogens with zero attached hydrogens (tertiary/aromatic N) is 1. The summed E-state index contributed by atoms with van der Waals surface area (Å²) in [4.78, 5) is 15.0. The monoisotopic (exact) mass is 358 g/mol. The number of thiophene rings is 1. The lowest BCUT2D eigenvalue weighted by Crippen LogP contribution is -2.21. The van der Waals surface area contributed by atoms with E-state index in [1.165, 1.54) is 29.5 Å². The first kappa shape index (κ1) is 16.0. The Bertz CT molecular complexity index is 948. The number of halogens is 2. The molecule has 1 aliphatic rings. The Morgan fingerprint density at radius 2 is 1.76 bits per heavy atom. The average Bonchev–Trinajstić information content (AvgIpc) is 3.26. The zero-order chi connectivity index (χ0) is 17.4. The van der Waals surface area contributed by atoms with Gasteiger partial charge in [-0.3, -0.25) is 4.79 Å². The van der Waals surface area contributed by atoms with Crippen LogP contribution in [0.5, 0.6) is 0 Å². The van der Waals surface area contributed by atoms with E-state index >= 15 is 0 Å². The fourth-order valence-electron chi connectivity index (χ4n) is 3.17. The van der Waals surface area contributed by atoms with Crippen LogP contribution in [0.25, 0.3) is 10.1 Å². The van der Waals surface area contributed by atoms with E-state index in [0.717, 1.165) is 25.9 Å². The van der Waals surface area contributed by atoms with E-state index in [1.54, 1.807) is 18.2 Å². The molecule has 0 unspecified atom stereocenters. The van der Waals surface area contributed by atoms with Crippen LogP contribution in [0.3, 0.4) is 0 Å². The summed E-state index contributed by atoms with van der Waals surface area (Å²) in [5.74, 6) is -1.26. The highest BCUT2D eigenvalue weighted by Gasteiger charge is 2.21. The summed E-state index contributed by atoms with van der Waals surface area (Å²) in [6.45, 7) is 1.70. The molecule has 1 aliphatic heterocycles. The van der Waals surface area contributed by atoms with Crippen LogP contribution in [0.15, 0.2) is 42.5 Å². The van der Waals surface area contributed by atoms with Gasteiger partial charge in [0, 0.05) is 23.2 Å². The van der Waals surface area contributed by atoms with Crippen LogP contribution in [0.1, 0.15) is 22.5 Å². The number of rotatable bonds is 3. The van der Waals surface area contributed by atoms with Crippen molar-refractivity contribution in [3.05, 3.63) is 59.0 Å². The summed E-state index contributed by atoms with van der Waals surface area (Å²) in [6.07, 6.45) is 2.11. The zero-order valence-electron chi connectivity index (χ0n) is 13.4. The van der Waals surface area contributed by atoms with E-state index in [-0.39, 0.29) is 11.5 Å². The van der Waals surface area contributed by atoms with Gasteiger partial charge >= 0.3 is 0 Å². The predicted octanol–water partition coefficient (Wildman–Crippen LogP) is 5.03. The number of nitrogens with one attached hydrogen (secondary N) is 1. The van der Waals surface area contributed by atoms with Crippen molar-refractivity contribution < 1.29 is 13.6 Å². The number of anilines is 2. The maximum absolute atomic E-state index is 14.4. The molecule has 6 heteroatoms. The van der Waals surface area contributed by atoms with E-state index in [2.05, 4.69) is 10.2 Å². The lowest BCUT2D eigenvalue weighted by Gasteiger charge is -2.21. The Morgan fingerprint density at radius 1 is 1.04 bits per heavy atom. The van der Waals surface area contributed by atoms with Gasteiger partial charge in [-0.05, 0) is 43.2 Å². The SMILES string of the molecule is O=C(Nc1c(F)cccc1N1CCCC1)c1cc2c(F)cccc2s1. The Labute approximate surface area is 147 Å². The summed E-state index contributed by atoms with van der Waals surface area (Å²) in [6, 6.07) is 11.0. The highest BCUT2D eigenvalue weighted by molar-refractivity contribution is 7.20. The van der Waals surface area contributed by atoms with Gasteiger partial charge in [-0.15, -0.1) is 11.3 Å². The molecule has 1 amide bonds. The van der Waals surface area contributed by atoms with E-state index in [1.807, 2.05) is 6.07 Å². The minimum Gasteiger partial charge on any atom is -0.370 e. The van der Waals surface area contributed by atoms with E-state index in [0.29, 0.717) is 20.7 Å². The van der Waals surface area contributed by atoms with Crippen molar-refractivity contribution in [2.75, 3.05) is 23.3 Å². The van der Waals surface area contributed by atoms with Crippen molar-refractivity contribution in [2.24, 2.45) is 0 Å². The molecule has 1 aromatic heterocycles. The van der Waals surface area contributed by atoms with Crippen molar-refractivity contribution >= 4 is 38.7 Å². The zero-order valence-corrected chi connectivity index (χ0v) is 14.2. The molecular formula is C19H16F2N2OS. The lowest BCUT2D eigenvalue weighted by molar-refractivity contribution is 0.103. The molecular weight excluding hydrogens is 342 g/mol.